The molecule has 1 heterocycles. The highest BCUT2D eigenvalue weighted by Gasteiger charge is 2.31. The third-order valence-corrected chi connectivity index (χ3v) is 3.68. The zero-order chi connectivity index (χ0) is 15.5. The molecular formula is C18H16N2O2. The minimum Gasteiger partial charge on any atom is -0.481 e. The maximum atomic E-state index is 12.5. The zero-order valence-electron chi connectivity index (χ0n) is 12.2. The van der Waals surface area contributed by atoms with Gasteiger partial charge in [-0.15, -0.1) is 6.42 Å². The number of anilines is 1. The fraction of sp³-hybridized carbons (Fsp3) is 0.167. The fourth-order valence-electron chi connectivity index (χ4n) is 2.59. The molecule has 0 unspecified atom stereocenters. The molecule has 2 aromatic carbocycles. The summed E-state index contributed by atoms with van der Waals surface area (Å²) >= 11 is 0. The number of hydrogen-bond donors (Lipinski definition) is 1. The Morgan fingerprint density at radius 2 is 1.95 bits per heavy atom. The quantitative estimate of drug-likeness (QED) is 0.884. The molecule has 1 aliphatic heterocycles. The number of hydrogen-bond acceptors (Lipinski definition) is 3. The van der Waals surface area contributed by atoms with E-state index in [9.17, 15) is 4.79 Å². The van der Waals surface area contributed by atoms with Gasteiger partial charge in [-0.1, -0.05) is 36.3 Å². The Morgan fingerprint density at radius 1 is 1.23 bits per heavy atom. The molecule has 0 spiro atoms. The molecule has 4 heteroatoms. The van der Waals surface area contributed by atoms with Crippen LogP contribution in [0.5, 0.6) is 5.75 Å². The zero-order valence-corrected chi connectivity index (χ0v) is 12.2. The van der Waals surface area contributed by atoms with Gasteiger partial charge in [0.2, 0.25) is 0 Å². The predicted octanol–water partition coefficient (Wildman–Crippen LogP) is 2.89. The van der Waals surface area contributed by atoms with Gasteiger partial charge in [-0.05, 0) is 18.2 Å². The molecule has 22 heavy (non-hydrogen) atoms. The lowest BCUT2D eigenvalue weighted by molar-refractivity contribution is 0.0734. The Balaban J connectivity index is 2.00. The molecule has 1 N–H and O–H groups in total. The molecule has 3 rings (SSSR count). The molecule has 0 bridgehead atoms. The number of carbonyl (C=O) groups is 1. The van der Waals surface area contributed by atoms with Gasteiger partial charge in [-0.25, -0.2) is 0 Å². The highest BCUT2D eigenvalue weighted by Crippen LogP contribution is 2.35. The minimum absolute atomic E-state index is 0.0221. The number of rotatable bonds is 3. The van der Waals surface area contributed by atoms with Crippen LogP contribution < -0.4 is 10.1 Å². The van der Waals surface area contributed by atoms with Crippen LogP contribution in [0.15, 0.2) is 48.5 Å². The number of ether oxygens (including phenoxy) is 1. The van der Waals surface area contributed by atoms with Crippen LogP contribution in [0.3, 0.4) is 0 Å². The van der Waals surface area contributed by atoms with Crippen molar-refractivity contribution in [2.24, 2.45) is 0 Å². The summed E-state index contributed by atoms with van der Waals surface area (Å²) in [5.41, 5.74) is 2.37. The summed E-state index contributed by atoms with van der Waals surface area (Å²) in [6.07, 6.45) is 4.97. The topological polar surface area (TPSA) is 41.6 Å². The summed E-state index contributed by atoms with van der Waals surface area (Å²) in [5, 5.41) is 3.38. The number of terminal acetylenes is 1. The summed E-state index contributed by atoms with van der Waals surface area (Å²) in [5.74, 6) is 3.11. The molecule has 0 fully saturated rings. The largest absolute Gasteiger partial charge is 0.481 e. The van der Waals surface area contributed by atoms with E-state index in [-0.39, 0.29) is 18.7 Å². The first-order valence-electron chi connectivity index (χ1n) is 7.00. The lowest BCUT2D eigenvalue weighted by Crippen LogP contribution is -2.40. The van der Waals surface area contributed by atoms with E-state index in [4.69, 9.17) is 11.2 Å². The Morgan fingerprint density at radius 3 is 2.77 bits per heavy atom. The average molecular weight is 292 g/mol. The third-order valence-electron chi connectivity index (χ3n) is 3.68. The number of nitrogens with one attached hydrogen (secondary N) is 1. The second kappa shape index (κ2) is 5.82. The van der Waals surface area contributed by atoms with Crippen molar-refractivity contribution in [3.63, 3.8) is 0 Å². The first-order chi connectivity index (χ1) is 10.7. The Hall–Kier alpha value is -2.93. The van der Waals surface area contributed by atoms with Crippen molar-refractivity contribution in [3.05, 3.63) is 59.7 Å². The monoisotopic (exact) mass is 292 g/mol. The van der Waals surface area contributed by atoms with E-state index in [1.807, 2.05) is 48.5 Å². The Labute approximate surface area is 129 Å². The summed E-state index contributed by atoms with van der Waals surface area (Å²) in [6.45, 7) is 0.192. The van der Waals surface area contributed by atoms with E-state index in [0.717, 1.165) is 11.3 Å². The number of nitrogens with zero attached hydrogens (tertiary/aromatic N) is 1. The molecule has 1 amide bonds. The maximum Gasteiger partial charge on any atom is 0.257 e. The van der Waals surface area contributed by atoms with Crippen molar-refractivity contribution >= 4 is 11.6 Å². The van der Waals surface area contributed by atoms with E-state index < -0.39 is 0 Å². The number of para-hydroxylation sites is 2. The van der Waals surface area contributed by atoms with Crippen molar-refractivity contribution in [2.45, 2.75) is 6.17 Å². The van der Waals surface area contributed by atoms with E-state index in [1.165, 1.54) is 0 Å². The molecular weight excluding hydrogens is 276 g/mol. The van der Waals surface area contributed by atoms with Crippen molar-refractivity contribution in [3.8, 4) is 18.1 Å². The van der Waals surface area contributed by atoms with Crippen LogP contribution >= 0.6 is 0 Å². The molecule has 4 nitrogen and oxygen atoms in total. The first kappa shape index (κ1) is 14.0. The highest BCUT2D eigenvalue weighted by atomic mass is 16.5. The molecule has 0 saturated heterocycles. The lowest BCUT2D eigenvalue weighted by Gasteiger charge is -2.36. The smallest absolute Gasteiger partial charge is 0.257 e. The summed E-state index contributed by atoms with van der Waals surface area (Å²) in [7, 11) is 1.77. The van der Waals surface area contributed by atoms with E-state index in [0.29, 0.717) is 11.3 Å². The molecule has 1 atom stereocenters. The SMILES string of the molecule is C#CCOc1ccccc1[C@H]1Nc2ccccc2C(=O)N1C. The van der Waals surface area contributed by atoms with Crippen LogP contribution in [0.1, 0.15) is 22.1 Å². The van der Waals surface area contributed by atoms with E-state index in [1.54, 1.807) is 11.9 Å². The highest BCUT2D eigenvalue weighted by molar-refractivity contribution is 6.01. The number of amides is 1. The summed E-state index contributed by atoms with van der Waals surface area (Å²) in [4.78, 5) is 14.2. The Bertz CT molecular complexity index is 749. The number of benzene rings is 2. The van der Waals surface area contributed by atoms with Crippen molar-refractivity contribution in [2.75, 3.05) is 19.0 Å². The number of carbonyl (C=O) groups excluding carboxylic acids is 1. The number of fused-ring (bicyclic) bond motifs is 1. The van der Waals surface area contributed by atoms with Gasteiger partial charge < -0.3 is 15.0 Å². The molecule has 2 aromatic rings. The summed E-state index contributed by atoms with van der Waals surface area (Å²) < 4.78 is 5.60. The Kier molecular flexibility index (Phi) is 3.71. The van der Waals surface area contributed by atoms with Crippen LogP contribution in [0.2, 0.25) is 0 Å². The van der Waals surface area contributed by atoms with Gasteiger partial charge >= 0.3 is 0 Å². The van der Waals surface area contributed by atoms with Gasteiger partial charge in [0.25, 0.3) is 5.91 Å². The average Bonchev–Trinajstić information content (AvgIpc) is 2.56. The molecule has 0 aromatic heterocycles. The standard InChI is InChI=1S/C18H16N2O2/c1-3-12-22-16-11-7-5-9-14(16)17-19-15-10-6-4-8-13(15)18(21)20(17)2/h1,4-11,17,19H,12H2,2H3/t17-/m0/s1. The first-order valence-corrected chi connectivity index (χ1v) is 7.00. The molecule has 1 aliphatic rings. The minimum atomic E-state index is -0.295. The molecule has 0 radical (unpaired) electrons. The van der Waals surface area contributed by atoms with Crippen molar-refractivity contribution < 1.29 is 9.53 Å². The van der Waals surface area contributed by atoms with Gasteiger partial charge in [0.05, 0.1) is 5.56 Å². The molecule has 0 aliphatic carbocycles. The van der Waals surface area contributed by atoms with Gasteiger partial charge in [-0.3, -0.25) is 4.79 Å². The lowest BCUT2D eigenvalue weighted by atomic mass is 10.0. The van der Waals surface area contributed by atoms with Gasteiger partial charge in [0.1, 0.15) is 18.5 Å². The maximum absolute atomic E-state index is 12.5. The normalized spacial score (nSPS) is 16.5. The van der Waals surface area contributed by atoms with E-state index >= 15 is 0 Å². The van der Waals surface area contributed by atoms with Crippen LogP contribution in [0.25, 0.3) is 0 Å². The fourth-order valence-corrected chi connectivity index (χ4v) is 2.59. The van der Waals surface area contributed by atoms with Gasteiger partial charge in [0.15, 0.2) is 0 Å². The second-order valence-electron chi connectivity index (χ2n) is 5.04. The summed E-state index contributed by atoms with van der Waals surface area (Å²) in [6, 6.07) is 15.1. The predicted molar refractivity (Wildman–Crippen MR) is 85.7 cm³/mol. The van der Waals surface area contributed by atoms with Gasteiger partial charge in [0, 0.05) is 18.3 Å². The van der Waals surface area contributed by atoms with Crippen molar-refractivity contribution in [1.82, 2.24) is 4.90 Å². The molecule has 110 valence electrons. The van der Waals surface area contributed by atoms with Crippen LogP contribution in [-0.4, -0.2) is 24.5 Å². The van der Waals surface area contributed by atoms with Crippen LogP contribution in [0.4, 0.5) is 5.69 Å². The second-order valence-corrected chi connectivity index (χ2v) is 5.04. The van der Waals surface area contributed by atoms with Crippen LogP contribution in [0, 0.1) is 12.3 Å². The third kappa shape index (κ3) is 2.38. The molecule has 0 saturated carbocycles. The van der Waals surface area contributed by atoms with Gasteiger partial charge in [-0.2, -0.15) is 0 Å². The van der Waals surface area contributed by atoms with E-state index in [2.05, 4.69) is 11.2 Å². The van der Waals surface area contributed by atoms with Crippen molar-refractivity contribution in [1.29, 1.82) is 0 Å². The van der Waals surface area contributed by atoms with Crippen LogP contribution in [-0.2, 0) is 0 Å².